The van der Waals surface area contributed by atoms with Gasteiger partial charge in [-0.1, -0.05) is 32.8 Å². The first-order chi connectivity index (χ1) is 9.42. The number of ether oxygens (including phenoxy) is 4. The van der Waals surface area contributed by atoms with Gasteiger partial charge in [0.2, 0.25) is 13.6 Å². The van der Waals surface area contributed by atoms with Crippen molar-refractivity contribution in [1.82, 2.24) is 0 Å². The minimum absolute atomic E-state index is 0.295. The monoisotopic (exact) mass is 274 g/mol. The van der Waals surface area contributed by atoms with Crippen LogP contribution in [0.25, 0.3) is 0 Å². The molecule has 2 aromatic carbocycles. The molecule has 0 radical (unpaired) electrons. The first kappa shape index (κ1) is 10.9. The third kappa shape index (κ3) is 1.80. The molecule has 4 rings (SSSR count). The molecule has 0 N–H and O–H groups in total. The van der Waals surface area contributed by atoms with Gasteiger partial charge in [0, 0.05) is 10.6 Å². The summed E-state index contributed by atoms with van der Waals surface area (Å²) in [5.41, 5.74) is 0. The maximum atomic E-state index is 5.53. The van der Waals surface area contributed by atoms with Gasteiger partial charge in [0.1, 0.15) is 0 Å². The zero-order chi connectivity index (χ0) is 12.7. The van der Waals surface area contributed by atoms with Gasteiger partial charge in [-0.05, 0) is 12.1 Å². The molecule has 0 bridgehead atoms. The first-order valence-electron chi connectivity index (χ1n) is 5.96. The maximum Gasteiger partial charge on any atom is 0.231 e. The smallest absolute Gasteiger partial charge is 0.231 e. The lowest BCUT2D eigenvalue weighted by Gasteiger charge is -2.08. The molecule has 2 heterocycles. The van der Waals surface area contributed by atoms with Crippen molar-refractivity contribution in [3.8, 4) is 23.0 Å². The molecule has 0 saturated heterocycles. The van der Waals surface area contributed by atoms with E-state index in [0.717, 1.165) is 33.6 Å². The van der Waals surface area contributed by atoms with Crippen LogP contribution in [0.5, 0.6) is 23.0 Å². The van der Waals surface area contributed by atoms with Crippen molar-refractivity contribution in [3.05, 3.63) is 36.4 Å². The van der Waals surface area contributed by atoms with Crippen LogP contribution in [-0.4, -0.2) is 13.6 Å². The Bertz CT molecular complexity index is 586. The van der Waals surface area contributed by atoms with Gasteiger partial charge >= 0.3 is 0 Å². The fraction of sp³-hybridized carbons (Fsp3) is 0.143. The van der Waals surface area contributed by atoms with Gasteiger partial charge in [-0.15, -0.1) is 0 Å². The SMILES string of the molecule is c1cc2c(c(Pc3cccc4c3OCO4)c1)OCO2. The van der Waals surface area contributed by atoms with Crippen LogP contribution < -0.4 is 29.6 Å². The van der Waals surface area contributed by atoms with Crippen LogP contribution in [0.15, 0.2) is 36.4 Å². The highest BCUT2D eigenvalue weighted by Crippen LogP contribution is 2.37. The molecule has 0 saturated carbocycles. The van der Waals surface area contributed by atoms with Gasteiger partial charge in [-0.25, -0.2) is 0 Å². The second kappa shape index (κ2) is 4.32. The lowest BCUT2D eigenvalue weighted by atomic mass is 10.3. The van der Waals surface area contributed by atoms with Crippen molar-refractivity contribution in [2.24, 2.45) is 0 Å². The Labute approximate surface area is 112 Å². The third-order valence-corrected chi connectivity index (χ3v) is 4.39. The lowest BCUT2D eigenvalue weighted by molar-refractivity contribution is 0.174. The minimum atomic E-state index is 0.295. The van der Waals surface area contributed by atoms with E-state index in [0.29, 0.717) is 22.2 Å². The van der Waals surface area contributed by atoms with Crippen LogP contribution >= 0.6 is 8.58 Å². The summed E-state index contributed by atoms with van der Waals surface area (Å²) in [6, 6.07) is 11.9. The van der Waals surface area contributed by atoms with E-state index in [1.807, 2.05) is 24.3 Å². The third-order valence-electron chi connectivity index (χ3n) is 3.06. The Balaban J connectivity index is 1.73. The lowest BCUT2D eigenvalue weighted by Crippen LogP contribution is -2.07. The van der Waals surface area contributed by atoms with Crippen LogP contribution in [0.3, 0.4) is 0 Å². The Morgan fingerprint density at radius 2 is 1.21 bits per heavy atom. The zero-order valence-electron chi connectivity index (χ0n) is 10.0. The van der Waals surface area contributed by atoms with Gasteiger partial charge in [0.05, 0.1) is 0 Å². The number of hydrogen-bond acceptors (Lipinski definition) is 4. The first-order valence-corrected chi connectivity index (χ1v) is 6.96. The van der Waals surface area contributed by atoms with Crippen molar-refractivity contribution in [2.45, 2.75) is 0 Å². The van der Waals surface area contributed by atoms with E-state index in [2.05, 4.69) is 12.1 Å². The average Bonchev–Trinajstić information content (AvgIpc) is 3.08. The molecule has 0 atom stereocenters. The molecular formula is C14H11O4P. The van der Waals surface area contributed by atoms with Crippen LogP contribution in [0.4, 0.5) is 0 Å². The number of rotatable bonds is 2. The van der Waals surface area contributed by atoms with Crippen LogP contribution in [0.1, 0.15) is 0 Å². The minimum Gasteiger partial charge on any atom is -0.454 e. The second-order valence-corrected chi connectivity index (χ2v) is 5.53. The summed E-state index contributed by atoms with van der Waals surface area (Å²) in [5.74, 6) is 3.32. The molecule has 0 unspecified atom stereocenters. The molecule has 0 fully saturated rings. The van der Waals surface area contributed by atoms with Crippen molar-refractivity contribution < 1.29 is 18.9 Å². The molecular weight excluding hydrogens is 263 g/mol. The number of benzene rings is 2. The molecule has 96 valence electrons. The van der Waals surface area contributed by atoms with Crippen molar-refractivity contribution in [1.29, 1.82) is 0 Å². The fourth-order valence-corrected chi connectivity index (χ4v) is 3.47. The molecule has 0 aromatic heterocycles. The highest BCUT2D eigenvalue weighted by atomic mass is 31.1. The number of hydrogen-bond donors (Lipinski definition) is 0. The standard InChI is InChI=1S/C14H11O4P/c1-3-9-13(17-7-15-9)11(5-1)19-12-6-2-4-10-14(12)18-8-16-10/h1-6,19H,7-8H2. The number of fused-ring (bicyclic) bond motifs is 2. The van der Waals surface area contributed by atoms with E-state index in [9.17, 15) is 0 Å². The molecule has 0 aliphatic carbocycles. The second-order valence-electron chi connectivity index (χ2n) is 4.20. The van der Waals surface area contributed by atoms with E-state index in [4.69, 9.17) is 18.9 Å². The largest absolute Gasteiger partial charge is 0.454 e. The molecule has 19 heavy (non-hydrogen) atoms. The average molecular weight is 274 g/mol. The highest BCUT2D eigenvalue weighted by molar-refractivity contribution is 7.56. The van der Waals surface area contributed by atoms with E-state index in [1.165, 1.54) is 0 Å². The fourth-order valence-electron chi connectivity index (χ4n) is 2.20. The van der Waals surface area contributed by atoms with Crippen LogP contribution in [-0.2, 0) is 0 Å². The normalized spacial score (nSPS) is 14.7. The van der Waals surface area contributed by atoms with E-state index < -0.39 is 0 Å². The summed E-state index contributed by atoms with van der Waals surface area (Å²) >= 11 is 0. The Kier molecular flexibility index (Phi) is 2.49. The van der Waals surface area contributed by atoms with Crippen molar-refractivity contribution >= 4 is 19.2 Å². The quantitative estimate of drug-likeness (QED) is 0.782. The molecule has 0 amide bonds. The van der Waals surface area contributed by atoms with Gasteiger partial charge in [0.15, 0.2) is 23.0 Å². The van der Waals surface area contributed by atoms with Gasteiger partial charge in [0.25, 0.3) is 0 Å². The Morgan fingerprint density at radius 3 is 1.74 bits per heavy atom. The van der Waals surface area contributed by atoms with Gasteiger partial charge in [-0.3, -0.25) is 0 Å². The molecule has 0 spiro atoms. The summed E-state index contributed by atoms with van der Waals surface area (Å²) in [4.78, 5) is 0. The topological polar surface area (TPSA) is 36.9 Å². The van der Waals surface area contributed by atoms with Gasteiger partial charge < -0.3 is 18.9 Å². The number of para-hydroxylation sites is 2. The molecule has 2 aliphatic heterocycles. The van der Waals surface area contributed by atoms with Crippen molar-refractivity contribution in [2.75, 3.05) is 13.6 Å². The van der Waals surface area contributed by atoms with E-state index in [-0.39, 0.29) is 0 Å². The van der Waals surface area contributed by atoms with E-state index in [1.54, 1.807) is 0 Å². The molecule has 2 aromatic rings. The Morgan fingerprint density at radius 1 is 0.684 bits per heavy atom. The van der Waals surface area contributed by atoms with E-state index >= 15 is 0 Å². The molecule has 2 aliphatic rings. The summed E-state index contributed by atoms with van der Waals surface area (Å²) < 4.78 is 21.9. The predicted octanol–water partition coefficient (Wildman–Crippen LogP) is 1.77. The highest BCUT2D eigenvalue weighted by Gasteiger charge is 2.21. The molecule has 4 nitrogen and oxygen atoms in total. The van der Waals surface area contributed by atoms with Crippen LogP contribution in [0.2, 0.25) is 0 Å². The summed E-state index contributed by atoms with van der Waals surface area (Å²) in [7, 11) is 0.451. The summed E-state index contributed by atoms with van der Waals surface area (Å²) in [5, 5.41) is 2.25. The maximum absolute atomic E-state index is 5.53. The zero-order valence-corrected chi connectivity index (χ0v) is 11.0. The Hall–Kier alpha value is -1.93. The van der Waals surface area contributed by atoms with Crippen LogP contribution in [0, 0.1) is 0 Å². The predicted molar refractivity (Wildman–Crippen MR) is 72.7 cm³/mol. The summed E-state index contributed by atoms with van der Waals surface area (Å²) in [6.07, 6.45) is 0. The van der Waals surface area contributed by atoms with Gasteiger partial charge in [-0.2, -0.15) is 0 Å². The van der Waals surface area contributed by atoms with Crippen molar-refractivity contribution in [3.63, 3.8) is 0 Å². The summed E-state index contributed by atoms with van der Waals surface area (Å²) in [6.45, 7) is 0.590. The molecule has 5 heteroatoms.